The van der Waals surface area contributed by atoms with Crippen LogP contribution in [-0.2, 0) is 4.79 Å². The number of nitrogens with one attached hydrogen (secondary N) is 2. The van der Waals surface area contributed by atoms with Gasteiger partial charge >= 0.3 is 6.09 Å². The number of halogens is 1. The van der Waals surface area contributed by atoms with Crippen molar-refractivity contribution in [3.05, 3.63) is 35.9 Å². The second-order valence-corrected chi connectivity index (χ2v) is 8.52. The fourth-order valence-corrected chi connectivity index (χ4v) is 4.49. The summed E-state index contributed by atoms with van der Waals surface area (Å²) in [6, 6.07) is 2.82. The highest BCUT2D eigenvalue weighted by Crippen LogP contribution is 2.39. The Morgan fingerprint density at radius 1 is 1.34 bits per heavy atom. The number of likely N-dealkylation sites (tertiary alicyclic amines) is 1. The van der Waals surface area contributed by atoms with Gasteiger partial charge in [-0.3, -0.25) is 4.79 Å². The maximum absolute atomic E-state index is 15.3. The van der Waals surface area contributed by atoms with Crippen molar-refractivity contribution >= 4 is 34.1 Å². The Labute approximate surface area is 200 Å². The van der Waals surface area contributed by atoms with Gasteiger partial charge in [0.2, 0.25) is 17.7 Å². The maximum atomic E-state index is 15.3. The molecule has 3 aromatic rings. The van der Waals surface area contributed by atoms with E-state index in [1.54, 1.807) is 17.2 Å². The van der Waals surface area contributed by atoms with Gasteiger partial charge in [0.15, 0.2) is 5.82 Å². The number of nitrogens with zero attached hydrogens (tertiary/aromatic N) is 3. The number of nitrogens with two attached hydrogens (primary N) is 1. The van der Waals surface area contributed by atoms with Crippen LogP contribution in [-0.4, -0.2) is 59.2 Å². The zero-order valence-electron chi connectivity index (χ0n) is 19.4. The summed E-state index contributed by atoms with van der Waals surface area (Å²) in [6.07, 6.45) is 2.43. The van der Waals surface area contributed by atoms with Crippen molar-refractivity contribution in [1.29, 1.82) is 0 Å². The van der Waals surface area contributed by atoms with Gasteiger partial charge in [0.25, 0.3) is 0 Å². The Bertz CT molecular complexity index is 1350. The molecule has 0 radical (unpaired) electrons. The standard InChI is InChI=1S/C24H25FN6O4/c1-3-31-11-14(8-19(31)32)30-24(33)35-18-7-13-6-15(20(25)21(26)17(13)10-28-18)16-9-29-23-22(12(16)2)27-4-5-34-23/h6-7,9-10,14,27H,3-5,8,11,26H2,1-2H3,(H,30,33)/t14-/m0/s1. The molecule has 0 saturated carbocycles. The Morgan fingerprint density at radius 3 is 2.94 bits per heavy atom. The van der Waals surface area contributed by atoms with Gasteiger partial charge in [-0.05, 0) is 30.9 Å². The molecule has 4 heterocycles. The third-order valence-corrected chi connectivity index (χ3v) is 6.33. The van der Waals surface area contributed by atoms with Crippen molar-refractivity contribution < 1.29 is 23.5 Å². The average Bonchev–Trinajstić information content (AvgIpc) is 3.20. The highest BCUT2D eigenvalue weighted by Gasteiger charge is 2.30. The maximum Gasteiger partial charge on any atom is 0.414 e. The van der Waals surface area contributed by atoms with Crippen LogP contribution in [0.3, 0.4) is 0 Å². The Kier molecular flexibility index (Phi) is 5.75. The lowest BCUT2D eigenvalue weighted by atomic mass is 9.97. The Morgan fingerprint density at radius 2 is 2.17 bits per heavy atom. The number of likely N-dealkylation sites (N-methyl/N-ethyl adjacent to an activating group) is 1. The number of rotatable bonds is 4. The summed E-state index contributed by atoms with van der Waals surface area (Å²) in [5.74, 6) is -0.0957. The molecule has 2 aliphatic rings. The molecule has 10 nitrogen and oxygen atoms in total. The van der Waals surface area contributed by atoms with Crippen LogP contribution in [0.2, 0.25) is 0 Å². The number of carbonyl (C=O) groups is 2. The summed E-state index contributed by atoms with van der Waals surface area (Å²) in [6.45, 7) is 5.89. The van der Waals surface area contributed by atoms with Crippen LogP contribution >= 0.6 is 0 Å². The molecule has 1 atom stereocenters. The van der Waals surface area contributed by atoms with E-state index < -0.39 is 11.9 Å². The normalized spacial score (nSPS) is 17.1. The van der Waals surface area contributed by atoms with E-state index in [4.69, 9.17) is 15.2 Å². The molecule has 2 aliphatic heterocycles. The summed E-state index contributed by atoms with van der Waals surface area (Å²) in [4.78, 5) is 34.3. The van der Waals surface area contributed by atoms with Crippen LogP contribution in [0.15, 0.2) is 24.5 Å². The molecule has 35 heavy (non-hydrogen) atoms. The molecule has 182 valence electrons. The number of ether oxygens (including phenoxy) is 2. The molecular weight excluding hydrogens is 455 g/mol. The fraction of sp³-hybridized carbons (Fsp3) is 0.333. The topological polar surface area (TPSA) is 132 Å². The number of aromatic nitrogens is 2. The number of amides is 2. The summed E-state index contributed by atoms with van der Waals surface area (Å²) in [5.41, 5.74) is 8.38. The highest BCUT2D eigenvalue weighted by atomic mass is 19.1. The Hall–Kier alpha value is -4.15. The number of hydrogen-bond donors (Lipinski definition) is 3. The van der Waals surface area contributed by atoms with Crippen molar-refractivity contribution in [2.75, 3.05) is 37.3 Å². The van der Waals surface area contributed by atoms with E-state index in [9.17, 15) is 9.59 Å². The predicted molar refractivity (Wildman–Crippen MR) is 128 cm³/mol. The lowest BCUT2D eigenvalue weighted by molar-refractivity contribution is -0.127. The van der Waals surface area contributed by atoms with Crippen LogP contribution in [0.4, 0.5) is 20.6 Å². The van der Waals surface area contributed by atoms with E-state index >= 15 is 4.39 Å². The van der Waals surface area contributed by atoms with Gasteiger partial charge in [-0.2, -0.15) is 0 Å². The number of nitrogen functional groups attached to an aromatic ring is 1. The number of anilines is 2. The second-order valence-electron chi connectivity index (χ2n) is 8.52. The number of pyridine rings is 2. The third kappa shape index (κ3) is 4.13. The highest BCUT2D eigenvalue weighted by molar-refractivity contribution is 5.98. The van der Waals surface area contributed by atoms with E-state index in [0.717, 1.165) is 5.56 Å². The summed E-state index contributed by atoms with van der Waals surface area (Å²) in [5, 5.41) is 6.87. The van der Waals surface area contributed by atoms with Crippen LogP contribution in [0, 0.1) is 12.7 Å². The molecule has 0 unspecified atom stereocenters. The van der Waals surface area contributed by atoms with Crippen LogP contribution in [0.1, 0.15) is 18.9 Å². The smallest absolute Gasteiger partial charge is 0.414 e. The van der Waals surface area contributed by atoms with Crippen molar-refractivity contribution in [1.82, 2.24) is 20.2 Å². The van der Waals surface area contributed by atoms with Crippen LogP contribution < -0.4 is 25.8 Å². The number of hydrogen-bond acceptors (Lipinski definition) is 8. The van der Waals surface area contributed by atoms with Crippen molar-refractivity contribution in [2.45, 2.75) is 26.3 Å². The molecule has 11 heteroatoms. The van der Waals surface area contributed by atoms with Gasteiger partial charge in [-0.25, -0.2) is 19.2 Å². The minimum Gasteiger partial charge on any atom is -0.474 e. The third-order valence-electron chi connectivity index (χ3n) is 6.33. The molecule has 0 bridgehead atoms. The first-order valence-corrected chi connectivity index (χ1v) is 11.4. The largest absolute Gasteiger partial charge is 0.474 e. The number of benzene rings is 1. The summed E-state index contributed by atoms with van der Waals surface area (Å²) >= 11 is 0. The first-order valence-electron chi connectivity index (χ1n) is 11.4. The van der Waals surface area contributed by atoms with Gasteiger partial charge in [0, 0.05) is 61.0 Å². The second kappa shape index (κ2) is 8.90. The quantitative estimate of drug-likeness (QED) is 0.486. The van der Waals surface area contributed by atoms with Gasteiger partial charge in [-0.15, -0.1) is 0 Å². The molecule has 1 fully saturated rings. The average molecular weight is 481 g/mol. The van der Waals surface area contributed by atoms with E-state index in [1.165, 1.54) is 12.3 Å². The molecule has 1 aromatic carbocycles. The first kappa shape index (κ1) is 22.6. The molecule has 2 aromatic heterocycles. The Balaban J connectivity index is 1.43. The molecule has 2 amide bonds. The molecule has 0 aliphatic carbocycles. The van der Waals surface area contributed by atoms with E-state index in [0.29, 0.717) is 54.1 Å². The zero-order chi connectivity index (χ0) is 24.7. The van der Waals surface area contributed by atoms with Gasteiger partial charge in [0.1, 0.15) is 12.3 Å². The zero-order valence-corrected chi connectivity index (χ0v) is 19.4. The SMILES string of the molecule is CCN1C[C@@H](NC(=O)Oc2cc3cc(-c4cnc5c(c4C)NCCO5)c(F)c(N)c3cn2)CC1=O. The monoisotopic (exact) mass is 480 g/mol. The van der Waals surface area contributed by atoms with Crippen LogP contribution in [0.5, 0.6) is 11.8 Å². The number of carbonyl (C=O) groups excluding carboxylic acids is 2. The number of fused-ring (bicyclic) bond motifs is 2. The van der Waals surface area contributed by atoms with Crippen molar-refractivity contribution in [3.63, 3.8) is 0 Å². The van der Waals surface area contributed by atoms with E-state index in [1.807, 2.05) is 13.8 Å². The first-order chi connectivity index (χ1) is 16.9. The van der Waals surface area contributed by atoms with E-state index in [2.05, 4.69) is 20.6 Å². The van der Waals surface area contributed by atoms with E-state index in [-0.39, 0.29) is 35.5 Å². The predicted octanol–water partition coefficient (Wildman–Crippen LogP) is 2.84. The molecular formula is C24H25FN6O4. The summed E-state index contributed by atoms with van der Waals surface area (Å²) < 4.78 is 26.2. The molecule has 1 saturated heterocycles. The van der Waals surface area contributed by atoms with Gasteiger partial charge in [0.05, 0.1) is 11.7 Å². The van der Waals surface area contributed by atoms with Crippen molar-refractivity contribution in [2.24, 2.45) is 0 Å². The molecule has 0 spiro atoms. The minimum absolute atomic E-state index is 0.0135. The van der Waals surface area contributed by atoms with Gasteiger partial charge < -0.3 is 30.7 Å². The lowest BCUT2D eigenvalue weighted by Gasteiger charge is -2.22. The molecule has 4 N–H and O–H groups in total. The lowest BCUT2D eigenvalue weighted by Crippen LogP contribution is -2.38. The minimum atomic E-state index is -0.719. The van der Waals surface area contributed by atoms with Crippen molar-refractivity contribution in [3.8, 4) is 22.9 Å². The summed E-state index contributed by atoms with van der Waals surface area (Å²) in [7, 11) is 0. The molecule has 5 rings (SSSR count). The van der Waals surface area contributed by atoms with Gasteiger partial charge in [-0.1, -0.05) is 0 Å². The van der Waals surface area contributed by atoms with Crippen LogP contribution in [0.25, 0.3) is 21.9 Å². The fourth-order valence-electron chi connectivity index (χ4n) is 4.49.